The summed E-state index contributed by atoms with van der Waals surface area (Å²) in [5.74, 6) is 0. The Morgan fingerprint density at radius 3 is 2.50 bits per heavy atom. The maximum absolute atomic E-state index is 10.1. The molecule has 0 heterocycles. The molecule has 1 N–H and O–H groups in total. The van der Waals surface area contributed by atoms with Crippen LogP contribution in [0, 0.1) is 0 Å². The molecule has 3 heteroatoms. The van der Waals surface area contributed by atoms with Crippen molar-refractivity contribution in [2.45, 2.75) is 26.3 Å². The lowest BCUT2D eigenvalue weighted by Gasteiger charge is -2.05. The fourth-order valence-corrected chi connectivity index (χ4v) is 0.504. The number of carbonyl (C=O) groups is 1. The van der Waals surface area contributed by atoms with E-state index in [9.17, 15) is 4.79 Å². The van der Waals surface area contributed by atoms with Crippen LogP contribution in [-0.2, 0) is 0 Å². The Morgan fingerprint density at radius 1 is 1.88 bits per heavy atom. The van der Waals surface area contributed by atoms with E-state index in [4.69, 9.17) is 0 Å². The van der Waals surface area contributed by atoms with Gasteiger partial charge in [0.25, 0.3) is 0 Å². The van der Waals surface area contributed by atoms with E-state index in [1.54, 1.807) is 0 Å². The molecular formula is C5H10NOS. The maximum atomic E-state index is 10.1. The molecule has 0 aliphatic rings. The van der Waals surface area contributed by atoms with Crippen LogP contribution in [0.1, 0.15) is 20.3 Å². The van der Waals surface area contributed by atoms with Crippen LogP contribution in [0.3, 0.4) is 0 Å². The highest BCUT2D eigenvalue weighted by Crippen LogP contribution is 1.88. The number of amides is 1. The molecule has 0 saturated carbocycles. The fourth-order valence-electron chi connectivity index (χ4n) is 0.303. The highest BCUT2D eigenvalue weighted by molar-refractivity contribution is 7.96. The van der Waals surface area contributed by atoms with Gasteiger partial charge in [0.2, 0.25) is 0 Å². The van der Waals surface area contributed by atoms with Gasteiger partial charge < -0.3 is 5.32 Å². The topological polar surface area (TPSA) is 29.1 Å². The molecule has 0 aliphatic heterocycles. The third kappa shape index (κ3) is 3.87. The average molecular weight is 132 g/mol. The minimum absolute atomic E-state index is 0.222. The second-order valence-corrected chi connectivity index (χ2v) is 2.11. The van der Waals surface area contributed by atoms with E-state index in [1.807, 2.05) is 13.8 Å². The van der Waals surface area contributed by atoms with Gasteiger partial charge in [0.05, 0.1) is 0 Å². The standard InChI is InChI=1S/C5H10NOS/c1-3-4(2)6-5(7)8/h4H,3H2,1-2H3,(H,6,7). The summed E-state index contributed by atoms with van der Waals surface area (Å²) < 4.78 is 0. The van der Waals surface area contributed by atoms with Gasteiger partial charge in [-0.05, 0) is 26.0 Å². The van der Waals surface area contributed by atoms with Gasteiger partial charge in [0.15, 0.2) is 0 Å². The quantitative estimate of drug-likeness (QED) is 0.608. The molecule has 0 bridgehead atoms. The van der Waals surface area contributed by atoms with Gasteiger partial charge in [-0.1, -0.05) is 6.92 Å². The normalized spacial score (nSPS) is 12.8. The lowest BCUT2D eigenvalue weighted by Crippen LogP contribution is -2.27. The number of carbonyl (C=O) groups excluding carboxylic acids is 1. The molecule has 0 aromatic carbocycles. The van der Waals surface area contributed by atoms with Crippen molar-refractivity contribution in [2.24, 2.45) is 0 Å². The monoisotopic (exact) mass is 132 g/mol. The zero-order valence-corrected chi connectivity index (χ0v) is 5.92. The van der Waals surface area contributed by atoms with E-state index in [0.29, 0.717) is 0 Å². The average Bonchev–Trinajstić information content (AvgIpc) is 1.65. The molecule has 0 aromatic rings. The molecule has 0 rings (SSSR count). The molecule has 0 aliphatic carbocycles. The summed E-state index contributed by atoms with van der Waals surface area (Å²) >= 11 is 4.27. The highest BCUT2D eigenvalue weighted by Gasteiger charge is 1.98. The zero-order valence-electron chi connectivity index (χ0n) is 5.10. The van der Waals surface area contributed by atoms with E-state index in [-0.39, 0.29) is 11.3 Å². The fraction of sp³-hybridized carbons (Fsp3) is 0.800. The van der Waals surface area contributed by atoms with Gasteiger partial charge >= 0.3 is 5.24 Å². The molecule has 1 unspecified atom stereocenters. The molecule has 8 heavy (non-hydrogen) atoms. The molecule has 1 amide bonds. The van der Waals surface area contributed by atoms with Crippen molar-refractivity contribution in [1.29, 1.82) is 0 Å². The van der Waals surface area contributed by atoms with Gasteiger partial charge in [0.1, 0.15) is 0 Å². The van der Waals surface area contributed by atoms with Crippen molar-refractivity contribution >= 4 is 17.9 Å². The Kier molecular flexibility index (Phi) is 3.52. The summed E-state index contributed by atoms with van der Waals surface area (Å²) in [5, 5.41) is 2.21. The molecule has 1 atom stereocenters. The predicted octanol–water partition coefficient (Wildman–Crippen LogP) is 1.69. The van der Waals surface area contributed by atoms with Crippen molar-refractivity contribution in [3.63, 3.8) is 0 Å². The largest absolute Gasteiger partial charge is 0.341 e. The van der Waals surface area contributed by atoms with Gasteiger partial charge in [-0.3, -0.25) is 4.79 Å². The molecule has 0 fully saturated rings. The van der Waals surface area contributed by atoms with Crippen LogP contribution in [0.5, 0.6) is 0 Å². The minimum atomic E-state index is -0.362. The van der Waals surface area contributed by atoms with Crippen LogP contribution in [0.15, 0.2) is 0 Å². The first-order valence-corrected chi connectivity index (χ1v) is 3.05. The first-order chi connectivity index (χ1) is 3.66. The lowest BCUT2D eigenvalue weighted by molar-refractivity contribution is 0.258. The Bertz CT molecular complexity index is 84.5. The molecule has 0 aromatic heterocycles. The summed E-state index contributed by atoms with van der Waals surface area (Å²) in [6.45, 7) is 3.92. The summed E-state index contributed by atoms with van der Waals surface area (Å²) in [6, 6.07) is 0.222. The number of nitrogens with one attached hydrogen (secondary N) is 1. The summed E-state index contributed by atoms with van der Waals surface area (Å²) in [6.07, 6.45) is 0.933. The lowest BCUT2D eigenvalue weighted by atomic mass is 10.3. The molecule has 1 radical (unpaired) electrons. The maximum Gasteiger partial charge on any atom is 0.310 e. The van der Waals surface area contributed by atoms with Crippen molar-refractivity contribution < 1.29 is 4.79 Å². The third-order valence-corrected chi connectivity index (χ3v) is 1.09. The van der Waals surface area contributed by atoms with Crippen molar-refractivity contribution in [2.75, 3.05) is 0 Å². The van der Waals surface area contributed by atoms with Crippen LogP contribution in [-0.4, -0.2) is 11.3 Å². The summed E-state index contributed by atoms with van der Waals surface area (Å²) in [4.78, 5) is 10.1. The molecular weight excluding hydrogens is 122 g/mol. The van der Waals surface area contributed by atoms with E-state index >= 15 is 0 Å². The van der Waals surface area contributed by atoms with Gasteiger partial charge in [-0.15, -0.1) is 0 Å². The van der Waals surface area contributed by atoms with Crippen LogP contribution in [0.2, 0.25) is 0 Å². The van der Waals surface area contributed by atoms with Crippen molar-refractivity contribution in [3.05, 3.63) is 0 Å². The number of rotatable bonds is 2. The third-order valence-electron chi connectivity index (χ3n) is 0.977. The summed E-state index contributed by atoms with van der Waals surface area (Å²) in [5.41, 5.74) is 0. The Labute approximate surface area is 55.1 Å². The highest BCUT2D eigenvalue weighted by atomic mass is 32.1. The van der Waals surface area contributed by atoms with E-state index in [2.05, 4.69) is 17.9 Å². The SMILES string of the molecule is CCC(C)NC(=O)[S]. The van der Waals surface area contributed by atoms with Crippen LogP contribution in [0.4, 0.5) is 4.79 Å². The second-order valence-electron chi connectivity index (χ2n) is 1.74. The number of hydrogen-bond donors (Lipinski definition) is 1. The smallest absolute Gasteiger partial charge is 0.310 e. The summed E-state index contributed by atoms with van der Waals surface area (Å²) in [7, 11) is 0. The van der Waals surface area contributed by atoms with E-state index in [0.717, 1.165) is 6.42 Å². The van der Waals surface area contributed by atoms with Gasteiger partial charge in [0, 0.05) is 6.04 Å². The molecule has 0 spiro atoms. The molecule has 2 nitrogen and oxygen atoms in total. The Hall–Kier alpha value is -0.310. The van der Waals surface area contributed by atoms with Gasteiger partial charge in [-0.2, -0.15) is 0 Å². The molecule has 47 valence electrons. The minimum Gasteiger partial charge on any atom is -0.341 e. The molecule has 0 saturated heterocycles. The zero-order chi connectivity index (χ0) is 6.57. The second kappa shape index (κ2) is 3.66. The van der Waals surface area contributed by atoms with E-state index in [1.165, 1.54) is 0 Å². The van der Waals surface area contributed by atoms with E-state index < -0.39 is 0 Å². The number of hydrogen-bond acceptors (Lipinski definition) is 1. The van der Waals surface area contributed by atoms with Crippen molar-refractivity contribution in [3.8, 4) is 0 Å². The predicted molar refractivity (Wildman–Crippen MR) is 35.9 cm³/mol. The first-order valence-electron chi connectivity index (χ1n) is 2.64. The Morgan fingerprint density at radius 2 is 2.38 bits per heavy atom. The van der Waals surface area contributed by atoms with Crippen molar-refractivity contribution in [1.82, 2.24) is 5.32 Å². The first kappa shape index (κ1) is 7.69. The Balaban J connectivity index is 3.24. The van der Waals surface area contributed by atoms with Crippen LogP contribution >= 0.6 is 12.6 Å². The van der Waals surface area contributed by atoms with Gasteiger partial charge in [-0.25, -0.2) is 0 Å². The van der Waals surface area contributed by atoms with Crippen LogP contribution < -0.4 is 5.32 Å². The van der Waals surface area contributed by atoms with Crippen LogP contribution in [0.25, 0.3) is 0 Å².